The zero-order chi connectivity index (χ0) is 12.6. The summed E-state index contributed by atoms with van der Waals surface area (Å²) in [6.45, 7) is 3.13. The standard InChI is InChI=1S/C16H18N2/c1-2-11-17-13-15(14-8-4-3-5-9-14)16-10-6-7-12-18-16/h3-10,12-13,17H,2,11H2,1H3/b15-13+. The Morgan fingerprint density at radius 2 is 1.89 bits per heavy atom. The van der Waals surface area contributed by atoms with Crippen molar-refractivity contribution in [2.45, 2.75) is 13.3 Å². The molecule has 1 aromatic heterocycles. The highest BCUT2D eigenvalue weighted by molar-refractivity contribution is 5.77. The van der Waals surface area contributed by atoms with E-state index in [9.17, 15) is 0 Å². The summed E-state index contributed by atoms with van der Waals surface area (Å²) in [4.78, 5) is 4.43. The van der Waals surface area contributed by atoms with Gasteiger partial charge in [-0.25, -0.2) is 0 Å². The molecule has 2 nitrogen and oxygen atoms in total. The number of aromatic nitrogens is 1. The highest BCUT2D eigenvalue weighted by Gasteiger charge is 2.04. The van der Waals surface area contributed by atoms with Crippen LogP contribution >= 0.6 is 0 Å². The molecule has 92 valence electrons. The van der Waals surface area contributed by atoms with Gasteiger partial charge in [0.25, 0.3) is 0 Å². The number of nitrogens with one attached hydrogen (secondary N) is 1. The lowest BCUT2D eigenvalue weighted by Gasteiger charge is -2.08. The molecule has 2 aromatic rings. The van der Waals surface area contributed by atoms with Gasteiger partial charge in [-0.3, -0.25) is 4.98 Å². The molecular weight excluding hydrogens is 220 g/mol. The molecule has 0 amide bonds. The normalized spacial score (nSPS) is 11.3. The van der Waals surface area contributed by atoms with Crippen molar-refractivity contribution in [2.75, 3.05) is 6.54 Å². The molecule has 1 aromatic carbocycles. The summed E-state index contributed by atoms with van der Waals surface area (Å²) in [5, 5.41) is 3.33. The molecule has 0 aliphatic carbocycles. The van der Waals surface area contributed by atoms with E-state index >= 15 is 0 Å². The van der Waals surface area contributed by atoms with Gasteiger partial charge in [-0.15, -0.1) is 0 Å². The average Bonchev–Trinajstić information content (AvgIpc) is 2.46. The number of hydrogen-bond acceptors (Lipinski definition) is 2. The van der Waals surface area contributed by atoms with Crippen LogP contribution in [0.15, 0.2) is 60.9 Å². The van der Waals surface area contributed by atoms with Crippen LogP contribution in [0.1, 0.15) is 24.6 Å². The number of benzene rings is 1. The quantitative estimate of drug-likeness (QED) is 0.807. The van der Waals surface area contributed by atoms with Gasteiger partial charge in [-0.2, -0.15) is 0 Å². The average molecular weight is 238 g/mol. The molecule has 0 atom stereocenters. The maximum absolute atomic E-state index is 4.43. The fourth-order valence-corrected chi connectivity index (χ4v) is 1.76. The van der Waals surface area contributed by atoms with Gasteiger partial charge in [0.15, 0.2) is 0 Å². The first kappa shape index (κ1) is 12.4. The number of hydrogen-bond donors (Lipinski definition) is 1. The molecule has 2 rings (SSSR count). The SMILES string of the molecule is CCCN/C=C(\c1ccccc1)c1ccccn1. The van der Waals surface area contributed by atoms with Crippen LogP contribution in [-0.4, -0.2) is 11.5 Å². The van der Waals surface area contributed by atoms with Crippen LogP contribution in [0, 0.1) is 0 Å². The summed E-state index contributed by atoms with van der Waals surface area (Å²) in [6.07, 6.45) is 4.99. The van der Waals surface area contributed by atoms with Crippen LogP contribution in [-0.2, 0) is 0 Å². The monoisotopic (exact) mass is 238 g/mol. The van der Waals surface area contributed by atoms with Crippen LogP contribution < -0.4 is 5.32 Å². The van der Waals surface area contributed by atoms with Gasteiger partial charge in [0.2, 0.25) is 0 Å². The van der Waals surface area contributed by atoms with Crippen molar-refractivity contribution in [3.63, 3.8) is 0 Å². The van der Waals surface area contributed by atoms with E-state index < -0.39 is 0 Å². The molecule has 0 aliphatic rings. The third-order valence-electron chi connectivity index (χ3n) is 2.67. The number of nitrogens with zero attached hydrogens (tertiary/aromatic N) is 1. The lowest BCUT2D eigenvalue weighted by atomic mass is 10.0. The third kappa shape index (κ3) is 3.20. The molecule has 0 aliphatic heterocycles. The van der Waals surface area contributed by atoms with E-state index in [-0.39, 0.29) is 0 Å². The molecule has 0 spiro atoms. The van der Waals surface area contributed by atoms with Crippen molar-refractivity contribution in [1.29, 1.82) is 0 Å². The maximum atomic E-state index is 4.43. The molecule has 0 radical (unpaired) electrons. The zero-order valence-electron chi connectivity index (χ0n) is 10.6. The van der Waals surface area contributed by atoms with Crippen molar-refractivity contribution >= 4 is 5.57 Å². The smallest absolute Gasteiger partial charge is 0.0722 e. The predicted molar refractivity (Wildman–Crippen MR) is 76.1 cm³/mol. The molecule has 2 heteroatoms. The molecule has 0 saturated carbocycles. The minimum atomic E-state index is 0.975. The molecular formula is C16H18N2. The first-order valence-electron chi connectivity index (χ1n) is 6.32. The summed E-state index contributed by atoms with van der Waals surface area (Å²) in [5.41, 5.74) is 3.30. The van der Waals surface area contributed by atoms with E-state index in [1.165, 1.54) is 5.56 Å². The Kier molecular flexibility index (Phi) is 4.53. The minimum absolute atomic E-state index is 0.975. The van der Waals surface area contributed by atoms with Crippen LogP contribution in [0.5, 0.6) is 0 Å². The Hall–Kier alpha value is -2.09. The molecule has 0 saturated heterocycles. The Bertz CT molecular complexity index is 448. The van der Waals surface area contributed by atoms with E-state index in [2.05, 4.69) is 35.6 Å². The second-order valence-electron chi connectivity index (χ2n) is 4.09. The van der Waals surface area contributed by atoms with E-state index in [1.807, 2.05) is 42.6 Å². The van der Waals surface area contributed by atoms with Gasteiger partial charge in [0.1, 0.15) is 0 Å². The number of pyridine rings is 1. The van der Waals surface area contributed by atoms with Crippen molar-refractivity contribution in [2.24, 2.45) is 0 Å². The van der Waals surface area contributed by atoms with Crippen LogP contribution in [0.25, 0.3) is 5.57 Å². The van der Waals surface area contributed by atoms with Crippen molar-refractivity contribution in [3.8, 4) is 0 Å². The Balaban J connectivity index is 2.33. The lowest BCUT2D eigenvalue weighted by Crippen LogP contribution is -2.07. The molecule has 0 unspecified atom stereocenters. The topological polar surface area (TPSA) is 24.9 Å². The Morgan fingerprint density at radius 3 is 2.56 bits per heavy atom. The van der Waals surface area contributed by atoms with E-state index in [0.717, 1.165) is 24.2 Å². The van der Waals surface area contributed by atoms with Crippen LogP contribution in [0.3, 0.4) is 0 Å². The van der Waals surface area contributed by atoms with Gasteiger partial charge >= 0.3 is 0 Å². The van der Waals surface area contributed by atoms with E-state index in [0.29, 0.717) is 0 Å². The zero-order valence-corrected chi connectivity index (χ0v) is 10.6. The second kappa shape index (κ2) is 6.60. The molecule has 0 bridgehead atoms. The molecule has 1 N–H and O–H groups in total. The summed E-state index contributed by atoms with van der Waals surface area (Å²) in [7, 11) is 0. The number of rotatable bonds is 5. The van der Waals surface area contributed by atoms with E-state index in [1.54, 1.807) is 0 Å². The first-order valence-corrected chi connectivity index (χ1v) is 6.32. The van der Waals surface area contributed by atoms with Gasteiger partial charge < -0.3 is 5.32 Å². The van der Waals surface area contributed by atoms with Crippen LogP contribution in [0.4, 0.5) is 0 Å². The largest absolute Gasteiger partial charge is 0.390 e. The second-order valence-corrected chi connectivity index (χ2v) is 4.09. The minimum Gasteiger partial charge on any atom is -0.390 e. The molecule has 0 fully saturated rings. The van der Waals surface area contributed by atoms with Gasteiger partial charge in [-0.05, 0) is 24.1 Å². The van der Waals surface area contributed by atoms with Crippen molar-refractivity contribution in [1.82, 2.24) is 10.3 Å². The Morgan fingerprint density at radius 1 is 1.11 bits per heavy atom. The molecule has 18 heavy (non-hydrogen) atoms. The fourth-order valence-electron chi connectivity index (χ4n) is 1.76. The lowest BCUT2D eigenvalue weighted by molar-refractivity contribution is 0.810. The third-order valence-corrected chi connectivity index (χ3v) is 2.67. The van der Waals surface area contributed by atoms with Gasteiger partial charge in [0.05, 0.1) is 5.69 Å². The van der Waals surface area contributed by atoms with Crippen LogP contribution in [0.2, 0.25) is 0 Å². The van der Waals surface area contributed by atoms with Crippen molar-refractivity contribution in [3.05, 3.63) is 72.2 Å². The highest BCUT2D eigenvalue weighted by atomic mass is 14.8. The molecule has 1 heterocycles. The first-order chi connectivity index (χ1) is 8.92. The van der Waals surface area contributed by atoms with Gasteiger partial charge in [0, 0.05) is 24.5 Å². The van der Waals surface area contributed by atoms with Gasteiger partial charge in [-0.1, -0.05) is 43.3 Å². The predicted octanol–water partition coefficient (Wildman–Crippen LogP) is 3.47. The highest BCUT2D eigenvalue weighted by Crippen LogP contribution is 2.20. The summed E-state index contributed by atoms with van der Waals surface area (Å²) in [5.74, 6) is 0. The van der Waals surface area contributed by atoms with Crippen molar-refractivity contribution < 1.29 is 0 Å². The maximum Gasteiger partial charge on any atom is 0.0722 e. The van der Waals surface area contributed by atoms with E-state index in [4.69, 9.17) is 0 Å². The Labute approximate surface area is 108 Å². The fraction of sp³-hybridized carbons (Fsp3) is 0.188. The summed E-state index contributed by atoms with van der Waals surface area (Å²) in [6, 6.07) is 16.3. The summed E-state index contributed by atoms with van der Waals surface area (Å²) < 4.78 is 0. The summed E-state index contributed by atoms with van der Waals surface area (Å²) >= 11 is 0.